The molecule has 2 aliphatic heterocycles. The van der Waals surface area contributed by atoms with E-state index in [0.29, 0.717) is 30.0 Å². The Balaban J connectivity index is 1.54. The van der Waals surface area contributed by atoms with Gasteiger partial charge in [-0.05, 0) is 63.6 Å². The fraction of sp³-hybridized carbons (Fsp3) is 0.308. The highest BCUT2D eigenvalue weighted by Crippen LogP contribution is 2.58. The molecule has 1 amide bonds. The second kappa shape index (κ2) is 13.2. The van der Waals surface area contributed by atoms with E-state index in [2.05, 4.69) is 84.9 Å². The van der Waals surface area contributed by atoms with Crippen molar-refractivity contribution in [3.63, 3.8) is 0 Å². The van der Waals surface area contributed by atoms with Crippen molar-refractivity contribution in [1.82, 2.24) is 5.01 Å². The lowest BCUT2D eigenvalue weighted by Gasteiger charge is -2.42. The molecule has 240 valence electrons. The first kappa shape index (κ1) is 31.7. The Bertz CT molecular complexity index is 1770. The van der Waals surface area contributed by atoms with E-state index < -0.39 is 5.54 Å². The minimum Gasteiger partial charge on any atom is -0.456 e. The Morgan fingerprint density at radius 2 is 1.34 bits per heavy atom. The largest absolute Gasteiger partial charge is 0.456 e. The van der Waals surface area contributed by atoms with Crippen molar-refractivity contribution in [1.29, 1.82) is 5.26 Å². The minimum absolute atomic E-state index is 0.163. The van der Waals surface area contributed by atoms with E-state index >= 15 is 0 Å². The van der Waals surface area contributed by atoms with Crippen LogP contribution in [0.25, 0.3) is 0 Å². The van der Waals surface area contributed by atoms with Crippen molar-refractivity contribution < 1.29 is 9.53 Å². The summed E-state index contributed by atoms with van der Waals surface area (Å²) in [5.74, 6) is 1.27. The summed E-state index contributed by atoms with van der Waals surface area (Å²) in [6, 6.07) is 30.7. The molecule has 8 heteroatoms. The van der Waals surface area contributed by atoms with Gasteiger partial charge in [0.15, 0.2) is 0 Å². The van der Waals surface area contributed by atoms with Gasteiger partial charge in [-0.2, -0.15) is 10.4 Å². The predicted molar refractivity (Wildman–Crippen MR) is 190 cm³/mol. The number of rotatable bonds is 11. The smallest absolute Gasteiger partial charge is 0.275 e. The van der Waals surface area contributed by atoms with Crippen molar-refractivity contribution in [3.05, 3.63) is 113 Å². The van der Waals surface area contributed by atoms with Gasteiger partial charge in [0.05, 0.1) is 18.7 Å². The molecular formula is C39H42N6O2. The van der Waals surface area contributed by atoms with Gasteiger partial charge in [-0.3, -0.25) is 4.79 Å². The third kappa shape index (κ3) is 5.36. The fourth-order valence-electron chi connectivity index (χ4n) is 6.93. The Morgan fingerprint density at radius 1 is 0.787 bits per heavy atom. The maximum absolute atomic E-state index is 14.4. The molecule has 2 heterocycles. The molecule has 0 bridgehead atoms. The van der Waals surface area contributed by atoms with Crippen LogP contribution in [0, 0.1) is 11.3 Å². The Kier molecular flexibility index (Phi) is 8.91. The number of anilines is 3. The molecule has 0 unspecified atom stereocenters. The van der Waals surface area contributed by atoms with Crippen LogP contribution in [0.5, 0.6) is 11.5 Å². The highest BCUT2D eigenvalue weighted by Gasteiger charge is 2.57. The van der Waals surface area contributed by atoms with E-state index in [1.165, 1.54) is 0 Å². The first-order chi connectivity index (χ1) is 22.9. The lowest BCUT2D eigenvalue weighted by Crippen LogP contribution is -2.44. The van der Waals surface area contributed by atoms with Gasteiger partial charge in [-0.25, -0.2) is 5.01 Å². The van der Waals surface area contributed by atoms with Crippen molar-refractivity contribution in [2.24, 2.45) is 5.10 Å². The fourth-order valence-corrected chi connectivity index (χ4v) is 6.93. The van der Waals surface area contributed by atoms with Gasteiger partial charge in [0.2, 0.25) is 0 Å². The second-order valence-electron chi connectivity index (χ2n) is 11.8. The van der Waals surface area contributed by atoms with E-state index in [4.69, 9.17) is 15.1 Å². The maximum Gasteiger partial charge on any atom is 0.275 e. The van der Waals surface area contributed by atoms with Crippen molar-refractivity contribution >= 4 is 29.2 Å². The van der Waals surface area contributed by atoms with Crippen molar-refractivity contribution in [3.8, 4) is 17.6 Å². The van der Waals surface area contributed by atoms with Gasteiger partial charge < -0.3 is 19.4 Å². The van der Waals surface area contributed by atoms with Crippen LogP contribution in [0.15, 0.2) is 90.0 Å². The number of carbonyl (C=O) groups is 1. The topological polar surface area (TPSA) is 75.4 Å². The number of carbonyl (C=O) groups excluding carboxylic acids is 1. The van der Waals surface area contributed by atoms with Crippen LogP contribution >= 0.6 is 0 Å². The summed E-state index contributed by atoms with van der Waals surface area (Å²) in [5, 5.41) is 15.6. The normalized spacial score (nSPS) is 14.0. The lowest BCUT2D eigenvalue weighted by molar-refractivity contribution is 0.0675. The number of fused-ring (bicyclic) bond motifs is 6. The molecule has 4 aromatic carbocycles. The molecule has 2 aliphatic rings. The number of benzene rings is 4. The second-order valence-corrected chi connectivity index (χ2v) is 11.8. The molecule has 0 radical (unpaired) electrons. The summed E-state index contributed by atoms with van der Waals surface area (Å²) < 4.78 is 6.78. The van der Waals surface area contributed by atoms with Crippen LogP contribution in [0.4, 0.5) is 17.1 Å². The molecule has 0 fully saturated rings. The van der Waals surface area contributed by atoms with Gasteiger partial charge in [0.25, 0.3) is 5.91 Å². The van der Waals surface area contributed by atoms with E-state index in [-0.39, 0.29) is 5.91 Å². The molecule has 0 atom stereocenters. The molecule has 4 aromatic rings. The van der Waals surface area contributed by atoms with E-state index in [1.54, 1.807) is 11.2 Å². The molecule has 1 spiro atoms. The summed E-state index contributed by atoms with van der Waals surface area (Å²) in [5.41, 5.74) is 6.24. The molecule has 0 saturated carbocycles. The number of nitriles is 1. The zero-order valence-electron chi connectivity index (χ0n) is 27.9. The monoisotopic (exact) mass is 626 g/mol. The zero-order valence-corrected chi connectivity index (χ0v) is 27.9. The molecule has 47 heavy (non-hydrogen) atoms. The van der Waals surface area contributed by atoms with Crippen LogP contribution in [0.1, 0.15) is 66.7 Å². The summed E-state index contributed by atoms with van der Waals surface area (Å²) in [4.78, 5) is 21.1. The predicted octanol–water partition coefficient (Wildman–Crippen LogP) is 7.62. The summed E-state index contributed by atoms with van der Waals surface area (Å²) in [6.45, 7) is 12.7. The number of amides is 1. The number of hydrogen-bond acceptors (Lipinski definition) is 7. The zero-order chi connectivity index (χ0) is 33.1. The van der Waals surface area contributed by atoms with E-state index in [1.807, 2.05) is 55.6 Å². The first-order valence-electron chi connectivity index (χ1n) is 16.5. The molecular weight excluding hydrogens is 584 g/mol. The summed E-state index contributed by atoms with van der Waals surface area (Å²) >= 11 is 0. The molecule has 0 aromatic heterocycles. The van der Waals surface area contributed by atoms with Gasteiger partial charge in [0, 0.05) is 91.2 Å². The van der Waals surface area contributed by atoms with Gasteiger partial charge >= 0.3 is 0 Å². The van der Waals surface area contributed by atoms with Gasteiger partial charge in [-0.15, -0.1) is 0 Å². The maximum atomic E-state index is 14.4. The quantitative estimate of drug-likeness (QED) is 0.160. The Labute approximate surface area is 278 Å². The number of nitrogens with zero attached hydrogens (tertiary/aromatic N) is 6. The van der Waals surface area contributed by atoms with Crippen LogP contribution in [-0.4, -0.2) is 56.9 Å². The van der Waals surface area contributed by atoms with Crippen LogP contribution in [0.2, 0.25) is 0 Å². The molecule has 6 rings (SSSR count). The SMILES string of the molecule is CCN(CC)c1ccc2c(c1)Oc1cc(N(CC)CC)ccc1C21c2ccccc2C(=O)N1/N=C/c1ccc(N(C)CCC#N)cc1. The number of hydrogen-bond donors (Lipinski definition) is 0. The molecule has 0 N–H and O–H groups in total. The Morgan fingerprint density at radius 3 is 1.89 bits per heavy atom. The van der Waals surface area contributed by atoms with Crippen molar-refractivity contribution in [2.75, 3.05) is 54.5 Å². The third-order valence-corrected chi connectivity index (χ3v) is 9.46. The average Bonchev–Trinajstić information content (AvgIpc) is 3.35. The van der Waals surface area contributed by atoms with E-state index in [0.717, 1.165) is 65.5 Å². The minimum atomic E-state index is -1.03. The molecule has 0 saturated heterocycles. The van der Waals surface area contributed by atoms with Crippen LogP contribution in [0.3, 0.4) is 0 Å². The van der Waals surface area contributed by atoms with Crippen LogP contribution < -0.4 is 19.4 Å². The Hall–Kier alpha value is -5.29. The standard InChI is InChI=1S/C39H42N6O2/c1-6-43(7-2)30-19-21-34-36(25-30)47-37-26-31(44(8-3)9-4)20-22-35(37)39(34)33-14-11-10-13-32(33)38(46)45(39)41-27-28-15-17-29(18-16-28)42(5)24-12-23-40/h10-11,13-22,25-27H,6-9,12,24H2,1-5H3/b41-27+. The van der Waals surface area contributed by atoms with Gasteiger partial charge in [-0.1, -0.05) is 42.5 Å². The highest BCUT2D eigenvalue weighted by molar-refractivity contribution is 6.03. The first-order valence-corrected chi connectivity index (χ1v) is 16.5. The average molecular weight is 627 g/mol. The molecule has 0 aliphatic carbocycles. The van der Waals surface area contributed by atoms with Crippen LogP contribution in [-0.2, 0) is 5.54 Å². The number of hydrazone groups is 1. The van der Waals surface area contributed by atoms with Gasteiger partial charge in [0.1, 0.15) is 17.0 Å². The number of ether oxygens (including phenoxy) is 1. The molecule has 8 nitrogen and oxygen atoms in total. The summed E-state index contributed by atoms with van der Waals surface area (Å²) in [6.07, 6.45) is 2.22. The third-order valence-electron chi connectivity index (χ3n) is 9.46. The van der Waals surface area contributed by atoms with Crippen molar-refractivity contribution in [2.45, 2.75) is 39.7 Å². The van der Waals surface area contributed by atoms with E-state index in [9.17, 15) is 4.79 Å². The highest BCUT2D eigenvalue weighted by atomic mass is 16.5. The summed E-state index contributed by atoms with van der Waals surface area (Å²) in [7, 11) is 1.97. The lowest BCUT2D eigenvalue weighted by atomic mass is 9.75.